The number of hydrogen-bond donors (Lipinski definition) is 1. The summed E-state index contributed by atoms with van der Waals surface area (Å²) in [6.45, 7) is 1.04. The minimum absolute atomic E-state index is 0.190. The summed E-state index contributed by atoms with van der Waals surface area (Å²) in [5.41, 5.74) is 0. The quantitative estimate of drug-likeness (QED) is 0.801. The lowest BCUT2D eigenvalue weighted by molar-refractivity contribution is -0.274. The van der Waals surface area contributed by atoms with Gasteiger partial charge in [0, 0.05) is 19.7 Å². The van der Waals surface area contributed by atoms with Gasteiger partial charge in [-0.05, 0) is 37.1 Å². The predicted octanol–water partition coefficient (Wildman–Crippen LogP) is 2.73. The molecule has 21 heavy (non-hydrogen) atoms. The molecule has 0 heterocycles. The first-order valence-corrected chi connectivity index (χ1v) is 6.71. The van der Waals surface area contributed by atoms with Crippen LogP contribution in [0.5, 0.6) is 11.5 Å². The number of methoxy groups -OCH3 is 1. The molecular weight excluding hydrogens is 287 g/mol. The third-order valence-electron chi connectivity index (χ3n) is 2.92. The van der Waals surface area contributed by atoms with E-state index < -0.39 is 6.36 Å². The molecule has 0 radical (unpaired) electrons. The van der Waals surface area contributed by atoms with Gasteiger partial charge in [-0.3, -0.25) is 0 Å². The van der Waals surface area contributed by atoms with Gasteiger partial charge in [-0.15, -0.1) is 13.2 Å². The van der Waals surface area contributed by atoms with E-state index in [1.165, 1.54) is 37.1 Å². The first-order chi connectivity index (χ1) is 9.96. The molecular formula is C14H18F3NO3. The van der Waals surface area contributed by atoms with E-state index in [1.807, 2.05) is 0 Å². The summed E-state index contributed by atoms with van der Waals surface area (Å²) < 4.78 is 50.7. The first-order valence-electron chi connectivity index (χ1n) is 6.71. The van der Waals surface area contributed by atoms with Crippen molar-refractivity contribution in [2.75, 3.05) is 20.3 Å². The average molecular weight is 305 g/mol. The Morgan fingerprint density at radius 3 is 2.33 bits per heavy atom. The van der Waals surface area contributed by atoms with E-state index in [0.717, 1.165) is 0 Å². The summed E-state index contributed by atoms with van der Waals surface area (Å²) in [6.07, 6.45) is -2.54. The SMILES string of the molecule is COCC(CNC1CC1)Oc1ccc(OC(F)(F)F)cc1. The van der Waals surface area contributed by atoms with Crippen molar-refractivity contribution in [1.82, 2.24) is 5.32 Å². The number of hydrogen-bond acceptors (Lipinski definition) is 4. The van der Waals surface area contributed by atoms with Crippen LogP contribution >= 0.6 is 0 Å². The average Bonchev–Trinajstić information content (AvgIpc) is 3.21. The number of benzene rings is 1. The molecule has 1 aliphatic rings. The molecule has 0 amide bonds. The summed E-state index contributed by atoms with van der Waals surface area (Å²) >= 11 is 0. The van der Waals surface area contributed by atoms with Gasteiger partial charge in [0.1, 0.15) is 17.6 Å². The zero-order valence-corrected chi connectivity index (χ0v) is 11.7. The van der Waals surface area contributed by atoms with Crippen LogP contribution in [0.4, 0.5) is 13.2 Å². The van der Waals surface area contributed by atoms with E-state index in [9.17, 15) is 13.2 Å². The Labute approximate surface area is 121 Å². The van der Waals surface area contributed by atoms with Crippen molar-refractivity contribution >= 4 is 0 Å². The highest BCUT2D eigenvalue weighted by Crippen LogP contribution is 2.25. The standard InChI is InChI=1S/C14H18F3NO3/c1-19-9-13(8-18-10-2-3-10)20-11-4-6-12(7-5-11)21-14(15,16)17/h4-7,10,13,18H,2-3,8-9H2,1H3. The van der Waals surface area contributed by atoms with Crippen LogP contribution in [0, 0.1) is 0 Å². The molecule has 1 aromatic carbocycles. The van der Waals surface area contributed by atoms with E-state index in [1.54, 1.807) is 7.11 Å². The van der Waals surface area contributed by atoms with Crippen LogP contribution in [0.25, 0.3) is 0 Å². The van der Waals surface area contributed by atoms with Crippen molar-refractivity contribution < 1.29 is 27.4 Å². The van der Waals surface area contributed by atoms with Gasteiger partial charge in [0.25, 0.3) is 0 Å². The van der Waals surface area contributed by atoms with E-state index >= 15 is 0 Å². The second-order valence-electron chi connectivity index (χ2n) is 4.90. The maximum Gasteiger partial charge on any atom is 0.573 e. The Hall–Kier alpha value is -1.47. The number of ether oxygens (including phenoxy) is 3. The van der Waals surface area contributed by atoms with Crippen molar-refractivity contribution in [1.29, 1.82) is 0 Å². The topological polar surface area (TPSA) is 39.7 Å². The number of rotatable bonds is 8. The van der Waals surface area contributed by atoms with Crippen molar-refractivity contribution in [2.24, 2.45) is 0 Å². The number of nitrogens with one attached hydrogen (secondary N) is 1. The van der Waals surface area contributed by atoms with Gasteiger partial charge in [-0.25, -0.2) is 0 Å². The highest BCUT2D eigenvalue weighted by Gasteiger charge is 2.31. The van der Waals surface area contributed by atoms with Crippen LogP contribution in [-0.4, -0.2) is 38.8 Å². The van der Waals surface area contributed by atoms with Gasteiger partial charge in [-0.1, -0.05) is 0 Å². The molecule has 1 aromatic rings. The predicted molar refractivity (Wildman–Crippen MR) is 70.4 cm³/mol. The maximum atomic E-state index is 12.1. The molecule has 1 aliphatic carbocycles. The minimum atomic E-state index is -4.69. The molecule has 0 saturated heterocycles. The molecule has 4 nitrogen and oxygen atoms in total. The van der Waals surface area contributed by atoms with E-state index in [2.05, 4.69) is 10.1 Å². The van der Waals surface area contributed by atoms with Crippen LogP contribution in [-0.2, 0) is 4.74 Å². The van der Waals surface area contributed by atoms with Gasteiger partial charge in [0.05, 0.1) is 6.61 Å². The van der Waals surface area contributed by atoms with Crippen LogP contribution < -0.4 is 14.8 Å². The summed E-state index contributed by atoms with van der Waals surface area (Å²) in [5, 5.41) is 3.33. The van der Waals surface area contributed by atoms with E-state index in [4.69, 9.17) is 9.47 Å². The van der Waals surface area contributed by atoms with E-state index in [0.29, 0.717) is 24.9 Å². The van der Waals surface area contributed by atoms with Crippen molar-refractivity contribution in [2.45, 2.75) is 31.3 Å². The highest BCUT2D eigenvalue weighted by molar-refractivity contribution is 5.31. The molecule has 0 aliphatic heterocycles. The van der Waals surface area contributed by atoms with Gasteiger partial charge in [0.2, 0.25) is 0 Å². The highest BCUT2D eigenvalue weighted by atomic mass is 19.4. The number of halogens is 3. The molecule has 1 N–H and O–H groups in total. The maximum absolute atomic E-state index is 12.1. The van der Waals surface area contributed by atoms with Crippen LogP contribution in [0.15, 0.2) is 24.3 Å². The molecule has 1 unspecified atom stereocenters. The smallest absolute Gasteiger partial charge is 0.487 e. The summed E-state index contributed by atoms with van der Waals surface area (Å²) in [5.74, 6) is 0.207. The van der Waals surface area contributed by atoms with Crippen LogP contribution in [0.2, 0.25) is 0 Å². The fourth-order valence-electron chi connectivity index (χ4n) is 1.82. The van der Waals surface area contributed by atoms with E-state index in [-0.39, 0.29) is 11.9 Å². The van der Waals surface area contributed by atoms with Gasteiger partial charge < -0.3 is 19.5 Å². The lowest BCUT2D eigenvalue weighted by atomic mass is 10.3. The first kappa shape index (κ1) is 15.9. The Kier molecular flexibility index (Phi) is 5.30. The van der Waals surface area contributed by atoms with Crippen molar-refractivity contribution in [3.63, 3.8) is 0 Å². The summed E-state index contributed by atoms with van der Waals surface area (Å²) in [6, 6.07) is 5.89. The molecule has 7 heteroatoms. The lowest BCUT2D eigenvalue weighted by Gasteiger charge is -2.19. The zero-order chi connectivity index (χ0) is 15.3. The van der Waals surface area contributed by atoms with Gasteiger partial charge in [0.15, 0.2) is 0 Å². The zero-order valence-electron chi connectivity index (χ0n) is 11.7. The van der Waals surface area contributed by atoms with Crippen molar-refractivity contribution in [3.05, 3.63) is 24.3 Å². The van der Waals surface area contributed by atoms with Crippen LogP contribution in [0.1, 0.15) is 12.8 Å². The van der Waals surface area contributed by atoms with Gasteiger partial charge in [-0.2, -0.15) is 0 Å². The molecule has 118 valence electrons. The Morgan fingerprint density at radius 1 is 1.19 bits per heavy atom. The minimum Gasteiger partial charge on any atom is -0.487 e. The Morgan fingerprint density at radius 2 is 1.81 bits per heavy atom. The fourth-order valence-corrected chi connectivity index (χ4v) is 1.82. The Balaban J connectivity index is 1.86. The van der Waals surface area contributed by atoms with Gasteiger partial charge >= 0.3 is 6.36 Å². The molecule has 1 fully saturated rings. The summed E-state index contributed by atoms with van der Waals surface area (Å²) in [7, 11) is 1.58. The van der Waals surface area contributed by atoms with Crippen LogP contribution in [0.3, 0.4) is 0 Å². The molecule has 0 bridgehead atoms. The van der Waals surface area contributed by atoms with Crippen molar-refractivity contribution in [3.8, 4) is 11.5 Å². The molecule has 0 aromatic heterocycles. The molecule has 1 atom stereocenters. The molecule has 2 rings (SSSR count). The third kappa shape index (κ3) is 6.22. The summed E-state index contributed by atoms with van der Waals surface area (Å²) in [4.78, 5) is 0. The third-order valence-corrected chi connectivity index (χ3v) is 2.92. The lowest BCUT2D eigenvalue weighted by Crippen LogP contribution is -2.35. The fraction of sp³-hybridized carbons (Fsp3) is 0.571. The normalized spacial score (nSPS) is 16.6. The number of alkyl halides is 3. The second-order valence-corrected chi connectivity index (χ2v) is 4.90. The monoisotopic (exact) mass is 305 g/mol. The Bertz CT molecular complexity index is 432. The molecule has 0 spiro atoms. The largest absolute Gasteiger partial charge is 0.573 e. The molecule has 1 saturated carbocycles. The second kappa shape index (κ2) is 7.00.